The third-order valence-corrected chi connectivity index (χ3v) is 2.49. The van der Waals surface area contributed by atoms with E-state index in [1.165, 1.54) is 18.2 Å². The Morgan fingerprint density at radius 3 is 2.53 bits per heavy atom. The molecule has 7 heteroatoms. The third-order valence-electron chi connectivity index (χ3n) is 2.49. The van der Waals surface area contributed by atoms with E-state index in [-0.39, 0.29) is 0 Å². The molecule has 0 amide bonds. The Morgan fingerprint density at radius 2 is 2.00 bits per heavy atom. The van der Waals surface area contributed by atoms with Gasteiger partial charge in [0.15, 0.2) is 6.79 Å². The van der Waals surface area contributed by atoms with Crippen LogP contribution >= 0.6 is 0 Å². The predicted octanol–water partition coefficient (Wildman–Crippen LogP) is 0.340. The van der Waals surface area contributed by atoms with E-state index in [0.717, 1.165) is 12.2 Å². The minimum absolute atomic E-state index is 0.695. The standard InChI is InChI=1S/C12H12O7/c1-2-9(13)18-7-19-12(11(16)17)6-4-3-5-8(12)10(14)15/h2-6,8H,1,7H2,(H,14,15)(H,16,17). The molecule has 1 aliphatic carbocycles. The van der Waals surface area contributed by atoms with Crippen molar-refractivity contribution in [3.8, 4) is 0 Å². The summed E-state index contributed by atoms with van der Waals surface area (Å²) in [6.07, 6.45) is 5.91. The lowest BCUT2D eigenvalue weighted by molar-refractivity contribution is -0.190. The van der Waals surface area contributed by atoms with Crippen molar-refractivity contribution < 1.29 is 34.1 Å². The molecular weight excluding hydrogens is 256 g/mol. The molecule has 1 rings (SSSR count). The third kappa shape index (κ3) is 3.08. The van der Waals surface area contributed by atoms with Gasteiger partial charge in [-0.1, -0.05) is 24.8 Å². The minimum Gasteiger partial charge on any atom is -0.481 e. The molecular formula is C12H12O7. The number of rotatable bonds is 6. The van der Waals surface area contributed by atoms with Crippen molar-refractivity contribution in [2.24, 2.45) is 5.92 Å². The van der Waals surface area contributed by atoms with Gasteiger partial charge >= 0.3 is 17.9 Å². The molecule has 0 heterocycles. The maximum atomic E-state index is 11.3. The average molecular weight is 268 g/mol. The number of aliphatic carboxylic acids is 2. The van der Waals surface area contributed by atoms with Crippen LogP contribution in [0.3, 0.4) is 0 Å². The lowest BCUT2D eigenvalue weighted by atomic mass is 9.83. The summed E-state index contributed by atoms with van der Waals surface area (Å²) in [6, 6.07) is 0. The lowest BCUT2D eigenvalue weighted by Gasteiger charge is -2.31. The topological polar surface area (TPSA) is 110 Å². The Bertz CT molecular complexity index is 463. The molecule has 0 aromatic carbocycles. The summed E-state index contributed by atoms with van der Waals surface area (Å²) >= 11 is 0. The number of carboxylic acids is 2. The highest BCUT2D eigenvalue weighted by Gasteiger charge is 2.49. The molecule has 0 saturated carbocycles. The lowest BCUT2D eigenvalue weighted by Crippen LogP contribution is -2.50. The van der Waals surface area contributed by atoms with E-state index < -0.39 is 36.2 Å². The van der Waals surface area contributed by atoms with Gasteiger partial charge in [0.05, 0.1) is 0 Å². The Kier molecular flexibility index (Phi) is 4.60. The van der Waals surface area contributed by atoms with E-state index in [1.54, 1.807) is 0 Å². The molecule has 7 nitrogen and oxygen atoms in total. The first kappa shape index (κ1) is 14.7. The number of carboxylic acid groups (broad SMARTS) is 2. The van der Waals surface area contributed by atoms with Crippen molar-refractivity contribution in [1.29, 1.82) is 0 Å². The van der Waals surface area contributed by atoms with Crippen LogP contribution in [-0.2, 0) is 23.9 Å². The number of carbonyl (C=O) groups is 3. The zero-order chi connectivity index (χ0) is 14.5. The number of ether oxygens (including phenoxy) is 2. The number of hydrogen-bond acceptors (Lipinski definition) is 5. The highest BCUT2D eigenvalue weighted by Crippen LogP contribution is 2.29. The Hall–Kier alpha value is -2.41. The van der Waals surface area contributed by atoms with Gasteiger partial charge in [-0.05, 0) is 6.08 Å². The van der Waals surface area contributed by atoms with Crippen molar-refractivity contribution in [2.75, 3.05) is 6.79 Å². The summed E-state index contributed by atoms with van der Waals surface area (Å²) in [5.74, 6) is -5.08. The zero-order valence-electron chi connectivity index (χ0n) is 9.81. The SMILES string of the molecule is C=CC(=O)OCOC1(C(=O)O)C=CC=CC1C(=O)O. The molecule has 2 unspecified atom stereocenters. The van der Waals surface area contributed by atoms with E-state index in [2.05, 4.69) is 11.3 Å². The van der Waals surface area contributed by atoms with Crippen LogP contribution in [0.4, 0.5) is 0 Å². The van der Waals surface area contributed by atoms with Gasteiger partial charge in [0.2, 0.25) is 5.60 Å². The zero-order valence-corrected chi connectivity index (χ0v) is 9.81. The van der Waals surface area contributed by atoms with Crippen LogP contribution in [-0.4, -0.2) is 40.5 Å². The van der Waals surface area contributed by atoms with Crippen molar-refractivity contribution in [3.05, 3.63) is 37.0 Å². The second-order valence-corrected chi connectivity index (χ2v) is 3.59. The summed E-state index contributed by atoms with van der Waals surface area (Å²) in [7, 11) is 0. The second kappa shape index (κ2) is 5.96. The summed E-state index contributed by atoms with van der Waals surface area (Å²) in [5, 5.41) is 18.2. The smallest absolute Gasteiger partial charge is 0.341 e. The first-order chi connectivity index (χ1) is 8.94. The van der Waals surface area contributed by atoms with Gasteiger partial charge in [-0.15, -0.1) is 0 Å². The molecule has 0 radical (unpaired) electrons. The van der Waals surface area contributed by atoms with Crippen LogP contribution in [0.25, 0.3) is 0 Å². The van der Waals surface area contributed by atoms with E-state index in [4.69, 9.17) is 9.84 Å². The molecule has 0 saturated heterocycles. The van der Waals surface area contributed by atoms with Gasteiger partial charge in [-0.3, -0.25) is 4.79 Å². The van der Waals surface area contributed by atoms with Gasteiger partial charge in [0.1, 0.15) is 5.92 Å². The highest BCUT2D eigenvalue weighted by atomic mass is 16.7. The van der Waals surface area contributed by atoms with Crippen LogP contribution in [0.1, 0.15) is 0 Å². The fourth-order valence-electron chi connectivity index (χ4n) is 1.53. The van der Waals surface area contributed by atoms with Gasteiger partial charge < -0.3 is 19.7 Å². The first-order valence-corrected chi connectivity index (χ1v) is 5.19. The van der Waals surface area contributed by atoms with Gasteiger partial charge in [-0.2, -0.15) is 0 Å². The molecule has 2 atom stereocenters. The summed E-state index contributed by atoms with van der Waals surface area (Å²) in [4.78, 5) is 33.2. The molecule has 1 aliphatic rings. The number of esters is 1. The van der Waals surface area contributed by atoms with E-state index in [1.807, 2.05) is 0 Å². The highest BCUT2D eigenvalue weighted by molar-refractivity contribution is 5.90. The monoisotopic (exact) mass is 268 g/mol. The molecule has 0 aromatic rings. The molecule has 0 aromatic heterocycles. The Balaban J connectivity index is 2.90. The Labute approximate surface area is 108 Å². The molecule has 0 aliphatic heterocycles. The fraction of sp³-hybridized carbons (Fsp3) is 0.250. The van der Waals surface area contributed by atoms with Crippen LogP contribution in [0.5, 0.6) is 0 Å². The summed E-state index contributed by atoms with van der Waals surface area (Å²) < 4.78 is 9.47. The molecule has 0 spiro atoms. The largest absolute Gasteiger partial charge is 0.481 e. The molecule has 2 N–H and O–H groups in total. The van der Waals surface area contributed by atoms with Crippen LogP contribution in [0.2, 0.25) is 0 Å². The normalized spacial score (nSPS) is 24.7. The van der Waals surface area contributed by atoms with Crippen molar-refractivity contribution in [2.45, 2.75) is 5.60 Å². The van der Waals surface area contributed by atoms with E-state index >= 15 is 0 Å². The van der Waals surface area contributed by atoms with Gasteiger partial charge in [0, 0.05) is 6.08 Å². The van der Waals surface area contributed by atoms with Crippen molar-refractivity contribution in [3.63, 3.8) is 0 Å². The summed E-state index contributed by atoms with van der Waals surface area (Å²) in [5.41, 5.74) is -2.11. The quantitative estimate of drug-likeness (QED) is 0.406. The van der Waals surface area contributed by atoms with Crippen LogP contribution < -0.4 is 0 Å². The molecule has 0 bridgehead atoms. The van der Waals surface area contributed by atoms with Crippen LogP contribution in [0.15, 0.2) is 37.0 Å². The Morgan fingerprint density at radius 1 is 1.32 bits per heavy atom. The van der Waals surface area contributed by atoms with E-state index in [9.17, 15) is 19.5 Å². The number of carbonyl (C=O) groups excluding carboxylic acids is 1. The number of hydrogen-bond donors (Lipinski definition) is 2. The number of allylic oxidation sites excluding steroid dienone is 2. The van der Waals surface area contributed by atoms with E-state index in [0.29, 0.717) is 0 Å². The van der Waals surface area contributed by atoms with Gasteiger partial charge in [0.25, 0.3) is 0 Å². The minimum atomic E-state index is -2.11. The summed E-state index contributed by atoms with van der Waals surface area (Å²) in [6.45, 7) is 2.46. The maximum absolute atomic E-state index is 11.3. The predicted molar refractivity (Wildman–Crippen MR) is 62.0 cm³/mol. The van der Waals surface area contributed by atoms with Crippen molar-refractivity contribution in [1.82, 2.24) is 0 Å². The molecule has 102 valence electrons. The fourth-order valence-corrected chi connectivity index (χ4v) is 1.53. The van der Waals surface area contributed by atoms with Crippen LogP contribution in [0, 0.1) is 5.92 Å². The maximum Gasteiger partial charge on any atom is 0.341 e. The van der Waals surface area contributed by atoms with Gasteiger partial charge in [-0.25, -0.2) is 9.59 Å². The average Bonchev–Trinajstić information content (AvgIpc) is 2.38. The second-order valence-electron chi connectivity index (χ2n) is 3.59. The first-order valence-electron chi connectivity index (χ1n) is 5.19. The molecule has 19 heavy (non-hydrogen) atoms. The van der Waals surface area contributed by atoms with Crippen molar-refractivity contribution >= 4 is 17.9 Å². The molecule has 0 fully saturated rings.